The van der Waals surface area contributed by atoms with Crippen LogP contribution in [0.15, 0.2) is 23.6 Å². The van der Waals surface area contributed by atoms with Crippen LogP contribution in [-0.4, -0.2) is 0 Å². The molecule has 0 saturated heterocycles. The van der Waals surface area contributed by atoms with Gasteiger partial charge in [0.1, 0.15) is 0 Å². The van der Waals surface area contributed by atoms with Crippen LogP contribution in [0.1, 0.15) is 42.3 Å². The van der Waals surface area contributed by atoms with Gasteiger partial charge in [0.15, 0.2) is 0 Å². The van der Waals surface area contributed by atoms with Crippen molar-refractivity contribution in [3.05, 3.63) is 45.1 Å². The van der Waals surface area contributed by atoms with E-state index in [2.05, 4.69) is 44.4 Å². The molecule has 0 aliphatic heterocycles. The highest BCUT2D eigenvalue weighted by molar-refractivity contribution is 7.10. The molecule has 19 heavy (non-hydrogen) atoms. The molecule has 1 nitrogen and oxygen atoms in total. The molecular formula is C17H23NS. The third-order valence-corrected chi connectivity index (χ3v) is 4.63. The van der Waals surface area contributed by atoms with Gasteiger partial charge in [0.05, 0.1) is 0 Å². The van der Waals surface area contributed by atoms with Crippen molar-refractivity contribution in [3.8, 4) is 11.1 Å². The predicted octanol–water partition coefficient (Wildman–Crippen LogP) is 4.56. The molecule has 102 valence electrons. The molecule has 0 spiro atoms. The van der Waals surface area contributed by atoms with Crippen LogP contribution in [0.4, 0.5) is 0 Å². The van der Waals surface area contributed by atoms with Gasteiger partial charge >= 0.3 is 0 Å². The zero-order valence-electron chi connectivity index (χ0n) is 12.1. The first-order valence-electron chi connectivity index (χ1n) is 7.15. The molecule has 1 aromatic carbocycles. The number of aryl methyl sites for hydroxylation is 3. The Morgan fingerprint density at radius 1 is 0.947 bits per heavy atom. The summed E-state index contributed by atoms with van der Waals surface area (Å²) in [5.41, 5.74) is 12.9. The van der Waals surface area contributed by atoms with E-state index in [4.69, 9.17) is 5.73 Å². The van der Waals surface area contributed by atoms with Crippen LogP contribution >= 0.6 is 11.3 Å². The van der Waals surface area contributed by atoms with Crippen molar-refractivity contribution in [2.75, 3.05) is 0 Å². The Labute approximate surface area is 120 Å². The minimum absolute atomic E-state index is 0.640. The summed E-state index contributed by atoms with van der Waals surface area (Å²) in [6.07, 6.45) is 3.28. The Hall–Kier alpha value is -1.12. The van der Waals surface area contributed by atoms with Crippen molar-refractivity contribution in [1.29, 1.82) is 0 Å². The van der Waals surface area contributed by atoms with Gasteiger partial charge in [-0.1, -0.05) is 32.9 Å². The molecular weight excluding hydrogens is 250 g/mol. The second-order valence-corrected chi connectivity index (χ2v) is 5.85. The summed E-state index contributed by atoms with van der Waals surface area (Å²) >= 11 is 1.77. The number of hydrogen-bond donors (Lipinski definition) is 1. The van der Waals surface area contributed by atoms with Crippen LogP contribution in [0, 0.1) is 0 Å². The van der Waals surface area contributed by atoms with Crippen LogP contribution in [0.25, 0.3) is 11.1 Å². The van der Waals surface area contributed by atoms with E-state index >= 15 is 0 Å². The summed E-state index contributed by atoms with van der Waals surface area (Å²) in [4.78, 5) is 1.26. The van der Waals surface area contributed by atoms with Crippen LogP contribution in [0.2, 0.25) is 0 Å². The molecule has 1 aromatic heterocycles. The highest BCUT2D eigenvalue weighted by Crippen LogP contribution is 2.33. The summed E-state index contributed by atoms with van der Waals surface area (Å²) in [7, 11) is 0. The van der Waals surface area contributed by atoms with Gasteiger partial charge in [0.25, 0.3) is 0 Å². The van der Waals surface area contributed by atoms with Gasteiger partial charge in [-0.15, -0.1) is 11.3 Å². The van der Waals surface area contributed by atoms with Crippen molar-refractivity contribution in [3.63, 3.8) is 0 Å². The number of thiophene rings is 1. The predicted molar refractivity (Wildman–Crippen MR) is 85.8 cm³/mol. The zero-order valence-corrected chi connectivity index (χ0v) is 12.9. The molecule has 0 amide bonds. The summed E-state index contributed by atoms with van der Waals surface area (Å²) in [6.45, 7) is 7.35. The number of nitrogens with two attached hydrogens (primary N) is 1. The van der Waals surface area contributed by atoms with Gasteiger partial charge in [-0.2, -0.15) is 0 Å². The van der Waals surface area contributed by atoms with E-state index in [1.54, 1.807) is 11.3 Å². The van der Waals surface area contributed by atoms with Crippen molar-refractivity contribution in [1.82, 2.24) is 0 Å². The maximum Gasteiger partial charge on any atom is 0.0274 e. The van der Waals surface area contributed by atoms with E-state index in [-0.39, 0.29) is 0 Å². The summed E-state index contributed by atoms with van der Waals surface area (Å²) in [6, 6.07) is 6.99. The highest BCUT2D eigenvalue weighted by Gasteiger charge is 2.12. The quantitative estimate of drug-likeness (QED) is 0.849. The Morgan fingerprint density at radius 2 is 1.58 bits per heavy atom. The number of rotatable bonds is 5. The summed E-state index contributed by atoms with van der Waals surface area (Å²) in [5.74, 6) is 0. The average Bonchev–Trinajstić information content (AvgIpc) is 2.94. The lowest BCUT2D eigenvalue weighted by Crippen LogP contribution is -1.97. The SMILES string of the molecule is CCc1cc(CC)c(-c2csc(CN)c2)c(CC)c1. The lowest BCUT2D eigenvalue weighted by atomic mass is 9.90. The molecule has 0 radical (unpaired) electrons. The van der Waals surface area contributed by atoms with Crippen LogP contribution in [-0.2, 0) is 25.8 Å². The molecule has 2 heteroatoms. The second kappa shape index (κ2) is 6.36. The van der Waals surface area contributed by atoms with Crippen molar-refractivity contribution >= 4 is 11.3 Å². The summed E-state index contributed by atoms with van der Waals surface area (Å²) in [5, 5.41) is 2.25. The van der Waals surface area contributed by atoms with Gasteiger partial charge in [0, 0.05) is 11.4 Å². The topological polar surface area (TPSA) is 26.0 Å². The smallest absolute Gasteiger partial charge is 0.0274 e. The highest BCUT2D eigenvalue weighted by atomic mass is 32.1. The lowest BCUT2D eigenvalue weighted by Gasteiger charge is -2.14. The molecule has 0 saturated carbocycles. The van der Waals surface area contributed by atoms with E-state index in [0.29, 0.717) is 6.54 Å². The second-order valence-electron chi connectivity index (χ2n) is 4.86. The van der Waals surface area contributed by atoms with E-state index in [9.17, 15) is 0 Å². The van der Waals surface area contributed by atoms with Gasteiger partial charge in [-0.05, 0) is 58.5 Å². The van der Waals surface area contributed by atoms with Crippen molar-refractivity contribution < 1.29 is 0 Å². The zero-order chi connectivity index (χ0) is 13.8. The Kier molecular flexibility index (Phi) is 4.78. The fourth-order valence-electron chi connectivity index (χ4n) is 2.59. The maximum absolute atomic E-state index is 5.74. The van der Waals surface area contributed by atoms with Crippen LogP contribution < -0.4 is 5.73 Å². The molecule has 2 N–H and O–H groups in total. The van der Waals surface area contributed by atoms with Gasteiger partial charge in [-0.25, -0.2) is 0 Å². The van der Waals surface area contributed by atoms with E-state index in [1.165, 1.54) is 32.7 Å². The molecule has 0 aliphatic carbocycles. The van der Waals surface area contributed by atoms with Crippen molar-refractivity contribution in [2.45, 2.75) is 46.6 Å². The van der Waals surface area contributed by atoms with Crippen LogP contribution in [0.5, 0.6) is 0 Å². The minimum Gasteiger partial charge on any atom is -0.326 e. The largest absolute Gasteiger partial charge is 0.326 e. The first kappa shape index (κ1) is 14.3. The fraction of sp³-hybridized carbons (Fsp3) is 0.412. The molecule has 0 bridgehead atoms. The lowest BCUT2D eigenvalue weighted by molar-refractivity contribution is 1.05. The standard InChI is InChI=1S/C17H23NS/c1-4-12-7-13(5-2)17(14(6-3)8-12)15-9-16(10-18)19-11-15/h7-9,11H,4-6,10,18H2,1-3H3. The molecule has 0 fully saturated rings. The van der Waals surface area contributed by atoms with Crippen LogP contribution in [0.3, 0.4) is 0 Å². The third-order valence-electron chi connectivity index (χ3n) is 3.68. The maximum atomic E-state index is 5.74. The minimum atomic E-state index is 0.640. The average molecular weight is 273 g/mol. The fourth-order valence-corrected chi connectivity index (χ4v) is 3.35. The van der Waals surface area contributed by atoms with Gasteiger partial charge < -0.3 is 5.73 Å². The Balaban J connectivity index is 2.59. The first-order valence-corrected chi connectivity index (χ1v) is 8.03. The van der Waals surface area contributed by atoms with Crippen molar-refractivity contribution in [2.24, 2.45) is 5.73 Å². The molecule has 0 aliphatic rings. The third kappa shape index (κ3) is 2.90. The molecule has 2 aromatic rings. The first-order chi connectivity index (χ1) is 9.23. The number of hydrogen-bond acceptors (Lipinski definition) is 2. The van der Waals surface area contributed by atoms with E-state index in [0.717, 1.165) is 19.3 Å². The van der Waals surface area contributed by atoms with E-state index in [1.807, 2.05) is 0 Å². The number of benzene rings is 1. The molecule has 2 rings (SSSR count). The Bertz CT molecular complexity index is 529. The summed E-state index contributed by atoms with van der Waals surface area (Å²) < 4.78 is 0. The Morgan fingerprint density at radius 3 is 2.00 bits per heavy atom. The monoisotopic (exact) mass is 273 g/mol. The normalized spacial score (nSPS) is 10.9. The van der Waals surface area contributed by atoms with Gasteiger partial charge in [-0.3, -0.25) is 0 Å². The molecule has 0 unspecified atom stereocenters. The van der Waals surface area contributed by atoms with Gasteiger partial charge in [0.2, 0.25) is 0 Å². The van der Waals surface area contributed by atoms with E-state index < -0.39 is 0 Å². The molecule has 0 atom stereocenters. The molecule has 1 heterocycles.